The van der Waals surface area contributed by atoms with Crippen LogP contribution < -0.4 is 10.6 Å². The van der Waals surface area contributed by atoms with Crippen LogP contribution in [-0.2, 0) is 6.54 Å². The van der Waals surface area contributed by atoms with Crippen molar-refractivity contribution in [1.29, 1.82) is 0 Å². The Morgan fingerprint density at radius 1 is 1.26 bits per heavy atom. The van der Waals surface area contributed by atoms with E-state index in [4.69, 9.17) is 5.73 Å². The maximum Gasteiger partial charge on any atom is 0.0377 e. The third-order valence-electron chi connectivity index (χ3n) is 4.61. The van der Waals surface area contributed by atoms with Gasteiger partial charge < -0.3 is 10.6 Å². The van der Waals surface area contributed by atoms with Gasteiger partial charge in [-0.05, 0) is 49.3 Å². The van der Waals surface area contributed by atoms with Crippen molar-refractivity contribution in [2.45, 2.75) is 51.6 Å². The van der Waals surface area contributed by atoms with E-state index in [9.17, 15) is 0 Å². The lowest BCUT2D eigenvalue weighted by Gasteiger charge is -2.36. The van der Waals surface area contributed by atoms with E-state index in [0.717, 1.165) is 10.4 Å². The molecule has 1 saturated carbocycles. The first-order valence-electron chi connectivity index (χ1n) is 7.37. The van der Waals surface area contributed by atoms with Gasteiger partial charge in [0.2, 0.25) is 0 Å². The van der Waals surface area contributed by atoms with E-state index in [0.29, 0.717) is 12.6 Å². The van der Waals surface area contributed by atoms with E-state index in [1.165, 1.54) is 43.4 Å². The molecule has 2 N–H and O–H groups in total. The summed E-state index contributed by atoms with van der Waals surface area (Å²) in [7, 11) is 2.22. The Hall–Kier alpha value is -0.540. The molecule has 0 aromatic heterocycles. The van der Waals surface area contributed by atoms with Crippen LogP contribution in [0.3, 0.4) is 0 Å². The molecule has 2 rings (SSSR count). The second kappa shape index (κ2) is 6.76. The molecule has 0 atom stereocenters. The van der Waals surface area contributed by atoms with Crippen molar-refractivity contribution < 1.29 is 0 Å². The Morgan fingerprint density at radius 3 is 2.47 bits per heavy atom. The normalized spacial score (nSPS) is 23.4. The van der Waals surface area contributed by atoms with Gasteiger partial charge in [-0.2, -0.15) is 0 Å². The first kappa shape index (κ1) is 14.9. The van der Waals surface area contributed by atoms with Gasteiger partial charge in [0.25, 0.3) is 0 Å². The molecule has 1 aliphatic rings. The van der Waals surface area contributed by atoms with Crippen LogP contribution in [0.15, 0.2) is 22.7 Å². The summed E-state index contributed by atoms with van der Waals surface area (Å²) in [5, 5.41) is 0. The van der Waals surface area contributed by atoms with Crippen molar-refractivity contribution in [2.75, 3.05) is 11.9 Å². The van der Waals surface area contributed by atoms with Crippen molar-refractivity contribution in [3.63, 3.8) is 0 Å². The average molecular weight is 325 g/mol. The minimum absolute atomic E-state index is 0.589. The van der Waals surface area contributed by atoms with Crippen molar-refractivity contribution in [3.8, 4) is 0 Å². The first-order chi connectivity index (χ1) is 9.15. The summed E-state index contributed by atoms with van der Waals surface area (Å²) >= 11 is 3.61. The average Bonchev–Trinajstić information content (AvgIpc) is 2.46. The van der Waals surface area contributed by atoms with Gasteiger partial charge in [-0.1, -0.05) is 35.3 Å². The van der Waals surface area contributed by atoms with Crippen molar-refractivity contribution >= 4 is 21.6 Å². The fourth-order valence-corrected chi connectivity index (χ4v) is 3.60. The number of nitrogens with two attached hydrogens (primary N) is 1. The van der Waals surface area contributed by atoms with Crippen molar-refractivity contribution in [1.82, 2.24) is 0 Å². The summed E-state index contributed by atoms with van der Waals surface area (Å²) in [4.78, 5) is 2.44. The molecule has 2 nitrogen and oxygen atoms in total. The molecule has 1 aliphatic carbocycles. The number of rotatable bonds is 4. The fraction of sp³-hybridized carbons (Fsp3) is 0.625. The number of hydrogen-bond donors (Lipinski definition) is 1. The molecule has 0 saturated heterocycles. The topological polar surface area (TPSA) is 29.3 Å². The lowest BCUT2D eigenvalue weighted by Crippen LogP contribution is -2.35. The van der Waals surface area contributed by atoms with Gasteiger partial charge in [0, 0.05) is 29.8 Å². The van der Waals surface area contributed by atoms with E-state index < -0.39 is 0 Å². The lowest BCUT2D eigenvalue weighted by atomic mass is 9.84. The summed E-state index contributed by atoms with van der Waals surface area (Å²) in [5.41, 5.74) is 8.17. The molecule has 19 heavy (non-hydrogen) atoms. The Bertz CT molecular complexity index is 411. The monoisotopic (exact) mass is 324 g/mol. The number of anilines is 1. The number of halogens is 1. The van der Waals surface area contributed by atoms with Crippen molar-refractivity contribution in [3.05, 3.63) is 28.2 Å². The van der Waals surface area contributed by atoms with Crippen LogP contribution in [0.1, 0.15) is 44.6 Å². The zero-order valence-corrected chi connectivity index (χ0v) is 13.6. The highest BCUT2D eigenvalue weighted by atomic mass is 79.9. The Balaban J connectivity index is 2.03. The van der Waals surface area contributed by atoms with E-state index in [-0.39, 0.29) is 0 Å². The van der Waals surface area contributed by atoms with Gasteiger partial charge in [-0.25, -0.2) is 0 Å². The highest BCUT2D eigenvalue weighted by Gasteiger charge is 2.23. The quantitative estimate of drug-likeness (QED) is 0.894. The summed E-state index contributed by atoms with van der Waals surface area (Å²) in [6, 6.07) is 7.22. The summed E-state index contributed by atoms with van der Waals surface area (Å²) in [5.74, 6) is 0.955. The second-order valence-corrected chi connectivity index (χ2v) is 6.53. The number of benzene rings is 1. The van der Waals surface area contributed by atoms with Crippen LogP contribution in [0.5, 0.6) is 0 Å². The Labute approximate surface area is 125 Å². The molecule has 1 aromatic rings. The predicted molar refractivity (Wildman–Crippen MR) is 86.5 cm³/mol. The molecule has 0 spiro atoms. The number of hydrogen-bond acceptors (Lipinski definition) is 2. The van der Waals surface area contributed by atoms with Crippen LogP contribution in [0.2, 0.25) is 0 Å². The van der Waals surface area contributed by atoms with Crippen LogP contribution in [0, 0.1) is 5.92 Å². The van der Waals surface area contributed by atoms with Gasteiger partial charge in [0.15, 0.2) is 0 Å². The number of nitrogens with zero attached hydrogens (tertiary/aromatic N) is 1. The van der Waals surface area contributed by atoms with E-state index >= 15 is 0 Å². The van der Waals surface area contributed by atoms with Gasteiger partial charge in [-0.15, -0.1) is 0 Å². The largest absolute Gasteiger partial charge is 0.372 e. The molecule has 0 unspecified atom stereocenters. The summed E-state index contributed by atoms with van der Waals surface area (Å²) in [6.45, 7) is 2.91. The van der Waals surface area contributed by atoms with Gasteiger partial charge in [0.05, 0.1) is 0 Å². The zero-order chi connectivity index (χ0) is 13.8. The first-order valence-corrected chi connectivity index (χ1v) is 8.16. The highest BCUT2D eigenvalue weighted by molar-refractivity contribution is 9.10. The SMILES string of the molecule is CCC1CCC(N(C)c2ccc(CN)c(Br)c2)CC1. The van der Waals surface area contributed by atoms with Gasteiger partial charge in [0.1, 0.15) is 0 Å². The van der Waals surface area contributed by atoms with Crippen LogP contribution in [-0.4, -0.2) is 13.1 Å². The zero-order valence-electron chi connectivity index (χ0n) is 12.0. The van der Waals surface area contributed by atoms with E-state index in [1.54, 1.807) is 0 Å². The second-order valence-electron chi connectivity index (χ2n) is 5.67. The minimum Gasteiger partial charge on any atom is -0.372 e. The fourth-order valence-electron chi connectivity index (χ4n) is 3.07. The maximum absolute atomic E-state index is 5.71. The molecular weight excluding hydrogens is 300 g/mol. The smallest absolute Gasteiger partial charge is 0.0377 e. The van der Waals surface area contributed by atoms with Crippen LogP contribution in [0.25, 0.3) is 0 Å². The molecule has 106 valence electrons. The standard InChI is InChI=1S/C16H25BrN2/c1-3-12-4-7-14(8-5-12)19(2)15-9-6-13(11-18)16(17)10-15/h6,9-10,12,14H,3-5,7-8,11,18H2,1-2H3. The molecule has 1 fully saturated rings. The summed E-state index contributed by atoms with van der Waals surface area (Å²) in [6.07, 6.45) is 6.75. The molecular formula is C16H25BrN2. The Morgan fingerprint density at radius 2 is 1.95 bits per heavy atom. The van der Waals surface area contributed by atoms with Crippen molar-refractivity contribution in [2.24, 2.45) is 11.7 Å². The molecule has 1 aromatic carbocycles. The predicted octanol–water partition coefficient (Wildman–Crippen LogP) is 4.31. The molecule has 3 heteroatoms. The highest BCUT2D eigenvalue weighted by Crippen LogP contribution is 2.32. The molecule has 0 bridgehead atoms. The Kier molecular flexibility index (Phi) is 5.28. The third-order valence-corrected chi connectivity index (χ3v) is 5.34. The molecule has 0 aliphatic heterocycles. The molecule has 0 amide bonds. The third kappa shape index (κ3) is 3.51. The minimum atomic E-state index is 0.589. The lowest BCUT2D eigenvalue weighted by molar-refractivity contribution is 0.313. The van der Waals surface area contributed by atoms with E-state index in [2.05, 4.69) is 53.0 Å². The maximum atomic E-state index is 5.71. The van der Waals surface area contributed by atoms with E-state index in [1.807, 2.05) is 0 Å². The van der Waals surface area contributed by atoms with Gasteiger partial charge in [-0.3, -0.25) is 0 Å². The molecule has 0 heterocycles. The van der Waals surface area contributed by atoms with Gasteiger partial charge >= 0.3 is 0 Å². The summed E-state index contributed by atoms with van der Waals surface area (Å²) < 4.78 is 1.13. The van der Waals surface area contributed by atoms with Crippen LogP contribution >= 0.6 is 15.9 Å². The van der Waals surface area contributed by atoms with Crippen LogP contribution in [0.4, 0.5) is 5.69 Å². The molecule has 0 radical (unpaired) electrons.